The molecule has 146 valence electrons. The standard InChI is InChI=1S/C18H18ClN5O3S/c1-11(17(25)20-15-10-12(19)4-9-16(15)27-3)28-18-21-22-23-24(18)13-5-7-14(26-2)8-6-13/h4-11H,1-3H3,(H,20,25)/t11-/m0/s1. The number of rotatable bonds is 7. The minimum Gasteiger partial charge on any atom is -0.497 e. The van der Waals surface area contributed by atoms with Crippen molar-refractivity contribution in [3.05, 3.63) is 47.5 Å². The molecule has 1 amide bonds. The Bertz CT molecular complexity index is 964. The molecular formula is C18H18ClN5O3S. The lowest BCUT2D eigenvalue weighted by atomic mass is 10.3. The van der Waals surface area contributed by atoms with E-state index in [-0.39, 0.29) is 5.91 Å². The maximum Gasteiger partial charge on any atom is 0.237 e. The molecule has 0 radical (unpaired) electrons. The van der Waals surface area contributed by atoms with Crippen molar-refractivity contribution in [3.63, 3.8) is 0 Å². The molecule has 0 fully saturated rings. The largest absolute Gasteiger partial charge is 0.497 e. The fraction of sp³-hybridized carbons (Fsp3) is 0.222. The number of carbonyl (C=O) groups is 1. The second-order valence-corrected chi connectivity index (χ2v) is 7.41. The molecule has 0 aliphatic rings. The molecule has 1 heterocycles. The van der Waals surface area contributed by atoms with Gasteiger partial charge in [-0.3, -0.25) is 4.79 Å². The van der Waals surface area contributed by atoms with Gasteiger partial charge in [0.05, 0.1) is 30.8 Å². The minimum atomic E-state index is -0.466. The molecule has 2 aromatic carbocycles. The van der Waals surface area contributed by atoms with E-state index in [1.165, 1.54) is 18.9 Å². The summed E-state index contributed by atoms with van der Waals surface area (Å²) in [7, 11) is 3.13. The molecule has 0 spiro atoms. The van der Waals surface area contributed by atoms with Crippen molar-refractivity contribution in [1.82, 2.24) is 20.2 Å². The van der Waals surface area contributed by atoms with Crippen LogP contribution < -0.4 is 14.8 Å². The Balaban J connectivity index is 1.73. The fourth-order valence-electron chi connectivity index (χ4n) is 2.36. The Hall–Kier alpha value is -2.78. The lowest BCUT2D eigenvalue weighted by Crippen LogP contribution is -2.23. The first-order chi connectivity index (χ1) is 13.5. The lowest BCUT2D eigenvalue weighted by molar-refractivity contribution is -0.115. The SMILES string of the molecule is COc1ccc(-n2nnnc2S[C@@H](C)C(=O)Nc2cc(Cl)ccc2OC)cc1. The van der Waals surface area contributed by atoms with Crippen LogP contribution in [0, 0.1) is 0 Å². The zero-order valence-electron chi connectivity index (χ0n) is 15.4. The highest BCUT2D eigenvalue weighted by atomic mass is 35.5. The Morgan fingerprint density at radius 3 is 2.61 bits per heavy atom. The van der Waals surface area contributed by atoms with Crippen molar-refractivity contribution in [2.75, 3.05) is 19.5 Å². The molecule has 1 aromatic heterocycles. The van der Waals surface area contributed by atoms with Crippen LogP contribution in [0.4, 0.5) is 5.69 Å². The first-order valence-corrected chi connectivity index (χ1v) is 9.51. The molecular weight excluding hydrogens is 402 g/mol. The molecule has 8 nitrogen and oxygen atoms in total. The van der Waals surface area contributed by atoms with Crippen LogP contribution >= 0.6 is 23.4 Å². The van der Waals surface area contributed by atoms with Crippen LogP contribution in [-0.4, -0.2) is 45.6 Å². The van der Waals surface area contributed by atoms with E-state index in [0.717, 1.165) is 11.4 Å². The molecule has 0 aliphatic heterocycles. The number of tetrazole rings is 1. The summed E-state index contributed by atoms with van der Waals surface area (Å²) in [5, 5.41) is 15.1. The predicted molar refractivity (Wildman–Crippen MR) is 108 cm³/mol. The van der Waals surface area contributed by atoms with Gasteiger partial charge < -0.3 is 14.8 Å². The Morgan fingerprint density at radius 1 is 1.18 bits per heavy atom. The highest BCUT2D eigenvalue weighted by molar-refractivity contribution is 8.00. The normalized spacial score (nSPS) is 11.7. The van der Waals surface area contributed by atoms with Gasteiger partial charge in [0, 0.05) is 5.02 Å². The summed E-state index contributed by atoms with van der Waals surface area (Å²) in [5.41, 5.74) is 1.26. The number of nitrogens with zero attached hydrogens (tertiary/aromatic N) is 4. The number of carbonyl (C=O) groups excluding carboxylic acids is 1. The molecule has 3 aromatic rings. The van der Waals surface area contributed by atoms with Crippen molar-refractivity contribution in [3.8, 4) is 17.2 Å². The summed E-state index contributed by atoms with van der Waals surface area (Å²) in [4.78, 5) is 12.6. The molecule has 1 atom stereocenters. The summed E-state index contributed by atoms with van der Waals surface area (Å²) in [6.45, 7) is 1.77. The monoisotopic (exact) mass is 419 g/mol. The average Bonchev–Trinajstić information content (AvgIpc) is 3.16. The number of hydrogen-bond acceptors (Lipinski definition) is 7. The quantitative estimate of drug-likeness (QED) is 0.586. The second-order valence-electron chi connectivity index (χ2n) is 5.67. The maximum atomic E-state index is 12.6. The summed E-state index contributed by atoms with van der Waals surface area (Å²) in [5.74, 6) is 1.03. The minimum absolute atomic E-state index is 0.227. The molecule has 0 unspecified atom stereocenters. The number of amides is 1. The van der Waals surface area contributed by atoms with Gasteiger partial charge in [0.1, 0.15) is 11.5 Å². The third-order valence-corrected chi connectivity index (χ3v) is 5.10. The number of anilines is 1. The maximum absolute atomic E-state index is 12.6. The molecule has 28 heavy (non-hydrogen) atoms. The number of methoxy groups -OCH3 is 2. The molecule has 0 saturated carbocycles. The average molecular weight is 420 g/mol. The van der Waals surface area contributed by atoms with Gasteiger partial charge in [-0.2, -0.15) is 4.68 Å². The Labute approximate surface area is 171 Å². The Morgan fingerprint density at radius 2 is 1.93 bits per heavy atom. The van der Waals surface area contributed by atoms with E-state index in [9.17, 15) is 4.79 Å². The van der Waals surface area contributed by atoms with Crippen LogP contribution in [-0.2, 0) is 4.79 Å². The molecule has 0 saturated heterocycles. The number of thioether (sulfide) groups is 1. The van der Waals surface area contributed by atoms with E-state index >= 15 is 0 Å². The van der Waals surface area contributed by atoms with Gasteiger partial charge in [0.25, 0.3) is 0 Å². The van der Waals surface area contributed by atoms with E-state index in [2.05, 4.69) is 20.8 Å². The van der Waals surface area contributed by atoms with Crippen molar-refractivity contribution in [2.45, 2.75) is 17.3 Å². The summed E-state index contributed by atoms with van der Waals surface area (Å²) in [6.07, 6.45) is 0. The molecule has 0 bridgehead atoms. The zero-order chi connectivity index (χ0) is 20.1. The highest BCUT2D eigenvalue weighted by Gasteiger charge is 2.20. The second kappa shape index (κ2) is 8.94. The highest BCUT2D eigenvalue weighted by Crippen LogP contribution is 2.29. The van der Waals surface area contributed by atoms with Crippen LogP contribution in [0.2, 0.25) is 5.02 Å². The van der Waals surface area contributed by atoms with Gasteiger partial charge in [-0.1, -0.05) is 23.4 Å². The number of halogens is 1. The smallest absolute Gasteiger partial charge is 0.237 e. The van der Waals surface area contributed by atoms with Gasteiger partial charge in [-0.15, -0.1) is 5.10 Å². The van der Waals surface area contributed by atoms with Crippen LogP contribution in [0.3, 0.4) is 0 Å². The number of hydrogen-bond donors (Lipinski definition) is 1. The third kappa shape index (κ3) is 4.55. The third-order valence-electron chi connectivity index (χ3n) is 3.83. The van der Waals surface area contributed by atoms with Crippen molar-refractivity contribution in [2.24, 2.45) is 0 Å². The van der Waals surface area contributed by atoms with E-state index < -0.39 is 5.25 Å². The number of ether oxygens (including phenoxy) is 2. The van der Waals surface area contributed by atoms with Crippen LogP contribution in [0.5, 0.6) is 11.5 Å². The summed E-state index contributed by atoms with van der Waals surface area (Å²) < 4.78 is 12.0. The van der Waals surface area contributed by atoms with E-state index in [0.29, 0.717) is 21.6 Å². The van der Waals surface area contributed by atoms with Crippen molar-refractivity contribution >= 4 is 35.0 Å². The predicted octanol–water partition coefficient (Wildman–Crippen LogP) is 3.45. The number of nitrogens with one attached hydrogen (secondary N) is 1. The molecule has 0 aliphatic carbocycles. The topological polar surface area (TPSA) is 91.2 Å². The van der Waals surface area contributed by atoms with E-state index in [1.807, 2.05) is 24.3 Å². The van der Waals surface area contributed by atoms with Gasteiger partial charge in [0.15, 0.2) is 0 Å². The van der Waals surface area contributed by atoms with Gasteiger partial charge in [0.2, 0.25) is 11.1 Å². The van der Waals surface area contributed by atoms with Crippen LogP contribution in [0.1, 0.15) is 6.92 Å². The number of aromatic nitrogens is 4. The first kappa shape index (κ1) is 20.0. The fourth-order valence-corrected chi connectivity index (χ4v) is 3.34. The molecule has 10 heteroatoms. The van der Waals surface area contributed by atoms with Crippen LogP contribution in [0.25, 0.3) is 5.69 Å². The van der Waals surface area contributed by atoms with Gasteiger partial charge in [-0.05, 0) is 59.8 Å². The molecule has 1 N–H and O–H groups in total. The molecule has 3 rings (SSSR count). The van der Waals surface area contributed by atoms with Gasteiger partial charge >= 0.3 is 0 Å². The van der Waals surface area contributed by atoms with Crippen LogP contribution in [0.15, 0.2) is 47.6 Å². The summed E-state index contributed by atoms with van der Waals surface area (Å²) in [6, 6.07) is 12.3. The Kier molecular flexibility index (Phi) is 6.37. The lowest BCUT2D eigenvalue weighted by Gasteiger charge is -2.14. The summed E-state index contributed by atoms with van der Waals surface area (Å²) >= 11 is 7.25. The van der Waals surface area contributed by atoms with Gasteiger partial charge in [-0.25, -0.2) is 0 Å². The first-order valence-electron chi connectivity index (χ1n) is 8.25. The van der Waals surface area contributed by atoms with Crippen molar-refractivity contribution < 1.29 is 14.3 Å². The van der Waals surface area contributed by atoms with E-state index in [4.69, 9.17) is 21.1 Å². The van der Waals surface area contributed by atoms with Crippen molar-refractivity contribution in [1.29, 1.82) is 0 Å². The number of benzene rings is 2. The zero-order valence-corrected chi connectivity index (χ0v) is 17.0. The van der Waals surface area contributed by atoms with E-state index in [1.54, 1.807) is 36.9 Å².